The number of rotatable bonds is 7. The van der Waals surface area contributed by atoms with Crippen molar-refractivity contribution in [3.05, 3.63) is 29.8 Å². The second-order valence-corrected chi connectivity index (χ2v) is 7.44. The average Bonchev–Trinajstić information content (AvgIpc) is 2.52. The Labute approximate surface area is 134 Å². The van der Waals surface area contributed by atoms with E-state index in [0.717, 1.165) is 29.2 Å². The van der Waals surface area contributed by atoms with Gasteiger partial charge in [0.15, 0.2) is 0 Å². The standard InChI is InChI=1S/C18H29NOS/c1-4-19-18(15-8-10-16(20-3)11-9-15)13-21-17-7-5-6-14(2)12-17/h8-11,14,17-19H,4-7,12-13H2,1-3H3. The zero-order chi connectivity index (χ0) is 15.1. The molecule has 1 aromatic rings. The Morgan fingerprint density at radius 2 is 2.05 bits per heavy atom. The highest BCUT2D eigenvalue weighted by Crippen LogP contribution is 2.34. The third-order valence-corrected chi connectivity index (χ3v) is 5.78. The summed E-state index contributed by atoms with van der Waals surface area (Å²) in [5.41, 5.74) is 1.37. The van der Waals surface area contributed by atoms with Crippen molar-refractivity contribution < 1.29 is 4.74 Å². The molecule has 1 aromatic carbocycles. The van der Waals surface area contributed by atoms with Crippen molar-refractivity contribution in [2.75, 3.05) is 19.4 Å². The maximum Gasteiger partial charge on any atom is 0.118 e. The van der Waals surface area contributed by atoms with Gasteiger partial charge in [0.2, 0.25) is 0 Å². The molecule has 2 nitrogen and oxygen atoms in total. The lowest BCUT2D eigenvalue weighted by Crippen LogP contribution is -2.25. The normalized spacial score (nSPS) is 23.8. The highest BCUT2D eigenvalue weighted by atomic mass is 32.2. The molecule has 2 rings (SSSR count). The van der Waals surface area contributed by atoms with Crippen LogP contribution in [-0.4, -0.2) is 24.7 Å². The van der Waals surface area contributed by atoms with E-state index in [4.69, 9.17) is 4.74 Å². The first-order valence-electron chi connectivity index (χ1n) is 8.21. The van der Waals surface area contributed by atoms with Gasteiger partial charge in [-0.15, -0.1) is 0 Å². The van der Waals surface area contributed by atoms with Gasteiger partial charge in [-0.3, -0.25) is 0 Å². The maximum atomic E-state index is 5.25. The van der Waals surface area contributed by atoms with Crippen LogP contribution in [0.4, 0.5) is 0 Å². The molecule has 0 amide bonds. The van der Waals surface area contributed by atoms with E-state index in [9.17, 15) is 0 Å². The van der Waals surface area contributed by atoms with Gasteiger partial charge in [-0.2, -0.15) is 11.8 Å². The molecule has 3 heteroatoms. The van der Waals surface area contributed by atoms with Crippen LogP contribution in [-0.2, 0) is 0 Å². The summed E-state index contributed by atoms with van der Waals surface area (Å²) >= 11 is 2.16. The predicted octanol–water partition coefficient (Wildman–Crippen LogP) is 4.66. The van der Waals surface area contributed by atoms with Gasteiger partial charge in [0.25, 0.3) is 0 Å². The fourth-order valence-electron chi connectivity index (χ4n) is 3.12. The molecule has 118 valence electrons. The summed E-state index contributed by atoms with van der Waals surface area (Å²) in [5, 5.41) is 4.48. The van der Waals surface area contributed by atoms with Gasteiger partial charge in [-0.25, -0.2) is 0 Å². The summed E-state index contributed by atoms with van der Waals surface area (Å²) in [6, 6.07) is 8.95. The highest BCUT2D eigenvalue weighted by molar-refractivity contribution is 7.99. The number of thioether (sulfide) groups is 1. The highest BCUT2D eigenvalue weighted by Gasteiger charge is 2.21. The zero-order valence-corrected chi connectivity index (χ0v) is 14.4. The summed E-state index contributed by atoms with van der Waals surface area (Å²) in [4.78, 5) is 0. The quantitative estimate of drug-likeness (QED) is 0.792. The molecule has 21 heavy (non-hydrogen) atoms. The molecule has 0 aromatic heterocycles. The summed E-state index contributed by atoms with van der Waals surface area (Å²) in [6.07, 6.45) is 5.63. The lowest BCUT2D eigenvalue weighted by atomic mass is 9.91. The summed E-state index contributed by atoms with van der Waals surface area (Å²) in [7, 11) is 1.72. The zero-order valence-electron chi connectivity index (χ0n) is 13.6. The van der Waals surface area contributed by atoms with Gasteiger partial charge in [-0.1, -0.05) is 38.8 Å². The first-order valence-corrected chi connectivity index (χ1v) is 9.26. The molecular weight excluding hydrogens is 278 g/mol. The minimum atomic E-state index is 0.447. The van der Waals surface area contributed by atoms with Crippen LogP contribution in [0.3, 0.4) is 0 Å². The number of benzene rings is 1. The molecule has 3 atom stereocenters. The smallest absolute Gasteiger partial charge is 0.118 e. The van der Waals surface area contributed by atoms with Gasteiger partial charge < -0.3 is 10.1 Å². The Hall–Kier alpha value is -0.670. The van der Waals surface area contributed by atoms with Crippen molar-refractivity contribution in [2.24, 2.45) is 5.92 Å². The van der Waals surface area contributed by atoms with Crippen LogP contribution in [0.5, 0.6) is 5.75 Å². The molecule has 0 bridgehead atoms. The van der Waals surface area contributed by atoms with Crippen LogP contribution in [0.1, 0.15) is 51.1 Å². The molecule has 0 aliphatic heterocycles. The van der Waals surface area contributed by atoms with E-state index in [1.165, 1.54) is 31.2 Å². The Morgan fingerprint density at radius 3 is 2.67 bits per heavy atom. The van der Waals surface area contributed by atoms with E-state index in [1.54, 1.807) is 7.11 Å². The van der Waals surface area contributed by atoms with Crippen LogP contribution in [0.25, 0.3) is 0 Å². The van der Waals surface area contributed by atoms with Crippen molar-refractivity contribution in [3.8, 4) is 5.75 Å². The summed E-state index contributed by atoms with van der Waals surface area (Å²) < 4.78 is 5.25. The molecule has 1 fully saturated rings. The third-order valence-electron chi connectivity index (χ3n) is 4.36. The lowest BCUT2D eigenvalue weighted by Gasteiger charge is -2.28. The van der Waals surface area contributed by atoms with E-state index in [2.05, 4.69) is 55.2 Å². The molecule has 1 N–H and O–H groups in total. The van der Waals surface area contributed by atoms with Gasteiger partial charge in [-0.05, 0) is 43.0 Å². The Morgan fingerprint density at radius 1 is 1.29 bits per heavy atom. The van der Waals surface area contributed by atoms with Gasteiger partial charge in [0, 0.05) is 17.0 Å². The minimum absolute atomic E-state index is 0.447. The molecule has 0 radical (unpaired) electrons. The van der Waals surface area contributed by atoms with Crippen LogP contribution < -0.4 is 10.1 Å². The van der Waals surface area contributed by atoms with Crippen molar-refractivity contribution >= 4 is 11.8 Å². The van der Waals surface area contributed by atoms with E-state index in [0.29, 0.717) is 6.04 Å². The topological polar surface area (TPSA) is 21.3 Å². The van der Waals surface area contributed by atoms with Gasteiger partial charge in [0.1, 0.15) is 5.75 Å². The van der Waals surface area contributed by atoms with Crippen molar-refractivity contribution in [2.45, 2.75) is 50.8 Å². The van der Waals surface area contributed by atoms with Gasteiger partial charge >= 0.3 is 0 Å². The molecule has 3 unspecified atom stereocenters. The van der Waals surface area contributed by atoms with E-state index in [1.807, 2.05) is 0 Å². The molecule has 1 aliphatic rings. The van der Waals surface area contributed by atoms with Crippen LogP contribution >= 0.6 is 11.8 Å². The number of hydrogen-bond donors (Lipinski definition) is 1. The molecule has 1 aliphatic carbocycles. The Bertz CT molecular complexity index is 406. The number of hydrogen-bond acceptors (Lipinski definition) is 3. The van der Waals surface area contributed by atoms with E-state index in [-0.39, 0.29) is 0 Å². The second-order valence-electron chi connectivity index (χ2n) is 6.11. The van der Waals surface area contributed by atoms with E-state index < -0.39 is 0 Å². The molecular formula is C18H29NOS. The fourth-order valence-corrected chi connectivity index (χ4v) is 4.69. The molecule has 0 saturated heterocycles. The van der Waals surface area contributed by atoms with Crippen molar-refractivity contribution in [1.82, 2.24) is 5.32 Å². The second kappa shape index (κ2) is 8.70. The third kappa shape index (κ3) is 5.23. The first-order chi connectivity index (χ1) is 10.2. The fraction of sp³-hybridized carbons (Fsp3) is 0.667. The Balaban J connectivity index is 1.91. The average molecular weight is 308 g/mol. The lowest BCUT2D eigenvalue weighted by molar-refractivity contribution is 0.394. The first kappa shape index (κ1) is 16.7. The largest absolute Gasteiger partial charge is 0.497 e. The van der Waals surface area contributed by atoms with Crippen LogP contribution in [0, 0.1) is 5.92 Å². The molecule has 0 spiro atoms. The summed E-state index contributed by atoms with van der Waals surface area (Å²) in [5.74, 6) is 3.01. The SMILES string of the molecule is CCNC(CSC1CCCC(C)C1)c1ccc(OC)cc1. The minimum Gasteiger partial charge on any atom is -0.497 e. The van der Waals surface area contributed by atoms with Crippen molar-refractivity contribution in [1.29, 1.82) is 0 Å². The van der Waals surface area contributed by atoms with Crippen molar-refractivity contribution in [3.63, 3.8) is 0 Å². The predicted molar refractivity (Wildman–Crippen MR) is 93.3 cm³/mol. The Kier molecular flexibility index (Phi) is 6.91. The molecule has 0 heterocycles. The van der Waals surface area contributed by atoms with Gasteiger partial charge in [0.05, 0.1) is 7.11 Å². The summed E-state index contributed by atoms with van der Waals surface area (Å²) in [6.45, 7) is 5.60. The number of methoxy groups -OCH3 is 1. The van der Waals surface area contributed by atoms with Crippen LogP contribution in [0.2, 0.25) is 0 Å². The number of ether oxygens (including phenoxy) is 1. The van der Waals surface area contributed by atoms with E-state index >= 15 is 0 Å². The maximum absolute atomic E-state index is 5.25. The number of nitrogens with one attached hydrogen (secondary N) is 1. The molecule has 1 saturated carbocycles. The monoisotopic (exact) mass is 307 g/mol. The van der Waals surface area contributed by atoms with Crippen LogP contribution in [0.15, 0.2) is 24.3 Å².